The van der Waals surface area contributed by atoms with Gasteiger partial charge in [-0.1, -0.05) is 60.1 Å². The van der Waals surface area contributed by atoms with Crippen LogP contribution in [0.3, 0.4) is 0 Å². The highest BCUT2D eigenvalue weighted by molar-refractivity contribution is 6.30. The third-order valence-electron chi connectivity index (χ3n) is 5.52. The molecule has 130 valence electrons. The molecular formula is C22H20ClN3. The Morgan fingerprint density at radius 3 is 1.96 bits per heavy atom. The van der Waals surface area contributed by atoms with Crippen LogP contribution in [0, 0.1) is 0 Å². The maximum atomic E-state index is 5.97. The molecule has 1 aromatic heterocycles. The molecule has 2 heterocycles. The topological polar surface area (TPSA) is 19.4 Å². The zero-order valence-electron chi connectivity index (χ0n) is 14.5. The average Bonchev–Trinajstić information content (AvgIpc) is 3.03. The highest BCUT2D eigenvalue weighted by Gasteiger charge is 2.34. The third kappa shape index (κ3) is 2.59. The minimum Gasteiger partial charge on any atom is -0.354 e. The highest BCUT2D eigenvalue weighted by Crippen LogP contribution is 2.46. The average molecular weight is 362 g/mol. The molecule has 0 bridgehead atoms. The van der Waals surface area contributed by atoms with Crippen molar-refractivity contribution in [3.05, 3.63) is 83.0 Å². The Morgan fingerprint density at radius 1 is 0.769 bits per heavy atom. The quantitative estimate of drug-likeness (QED) is 0.663. The van der Waals surface area contributed by atoms with Crippen LogP contribution in [0.1, 0.15) is 17.2 Å². The third-order valence-corrected chi connectivity index (χ3v) is 5.74. The summed E-state index contributed by atoms with van der Waals surface area (Å²) in [7, 11) is 0. The summed E-state index contributed by atoms with van der Waals surface area (Å²) in [5, 5.41) is 0.687. The van der Waals surface area contributed by atoms with Gasteiger partial charge >= 0.3 is 0 Å². The van der Waals surface area contributed by atoms with Crippen molar-refractivity contribution in [2.45, 2.75) is 6.04 Å². The maximum absolute atomic E-state index is 5.97. The summed E-state index contributed by atoms with van der Waals surface area (Å²) in [6.07, 6.45) is 1.73. The maximum Gasteiger partial charge on any atom is 0.128 e. The van der Waals surface area contributed by atoms with Crippen molar-refractivity contribution in [1.82, 2.24) is 9.88 Å². The van der Waals surface area contributed by atoms with E-state index < -0.39 is 0 Å². The lowest BCUT2D eigenvalue weighted by Crippen LogP contribution is -2.47. The van der Waals surface area contributed by atoms with Crippen LogP contribution in [0.25, 0.3) is 11.1 Å². The number of nitrogens with zero attached hydrogens (tertiary/aromatic N) is 3. The summed E-state index contributed by atoms with van der Waals surface area (Å²) in [4.78, 5) is 9.43. The van der Waals surface area contributed by atoms with E-state index in [2.05, 4.69) is 63.3 Å². The van der Waals surface area contributed by atoms with Crippen LogP contribution in [0.2, 0.25) is 5.02 Å². The van der Waals surface area contributed by atoms with Gasteiger partial charge in [-0.05, 0) is 34.4 Å². The van der Waals surface area contributed by atoms with Crippen LogP contribution in [0.5, 0.6) is 0 Å². The molecule has 0 N–H and O–H groups in total. The van der Waals surface area contributed by atoms with Gasteiger partial charge in [0.1, 0.15) is 5.82 Å². The molecule has 1 aliphatic carbocycles. The van der Waals surface area contributed by atoms with E-state index in [0.29, 0.717) is 11.1 Å². The largest absolute Gasteiger partial charge is 0.354 e. The Labute approximate surface area is 158 Å². The monoisotopic (exact) mass is 361 g/mol. The molecule has 0 radical (unpaired) electrons. The first-order valence-corrected chi connectivity index (χ1v) is 9.48. The van der Waals surface area contributed by atoms with E-state index in [4.69, 9.17) is 11.6 Å². The zero-order valence-corrected chi connectivity index (χ0v) is 15.2. The molecule has 2 aliphatic rings. The lowest BCUT2D eigenvalue weighted by molar-refractivity contribution is 0.215. The van der Waals surface area contributed by atoms with E-state index in [1.54, 1.807) is 6.20 Å². The van der Waals surface area contributed by atoms with Gasteiger partial charge in [-0.3, -0.25) is 4.90 Å². The normalized spacial score (nSPS) is 17.2. The number of hydrogen-bond acceptors (Lipinski definition) is 3. The summed E-state index contributed by atoms with van der Waals surface area (Å²) < 4.78 is 0. The Morgan fingerprint density at radius 2 is 1.38 bits per heavy atom. The van der Waals surface area contributed by atoms with Crippen LogP contribution in [-0.2, 0) is 0 Å². The number of aromatic nitrogens is 1. The molecule has 26 heavy (non-hydrogen) atoms. The highest BCUT2D eigenvalue weighted by atomic mass is 35.5. The first-order chi connectivity index (χ1) is 12.8. The smallest absolute Gasteiger partial charge is 0.128 e. The molecule has 3 nitrogen and oxygen atoms in total. The van der Waals surface area contributed by atoms with Gasteiger partial charge in [0.2, 0.25) is 0 Å². The van der Waals surface area contributed by atoms with Gasteiger partial charge in [-0.25, -0.2) is 4.98 Å². The molecule has 0 unspecified atom stereocenters. The second kappa shape index (κ2) is 6.42. The van der Waals surface area contributed by atoms with Crippen LogP contribution in [0.15, 0.2) is 66.9 Å². The fraction of sp³-hybridized carbons (Fsp3) is 0.227. The summed E-state index contributed by atoms with van der Waals surface area (Å²) in [6, 6.07) is 22.0. The van der Waals surface area contributed by atoms with Gasteiger partial charge in [0.05, 0.1) is 11.1 Å². The Kier molecular flexibility index (Phi) is 3.92. The first kappa shape index (κ1) is 15.9. The van der Waals surface area contributed by atoms with Crippen molar-refractivity contribution in [2.24, 2.45) is 0 Å². The minimum absolute atomic E-state index is 0.364. The molecule has 0 atom stereocenters. The number of pyridine rings is 1. The van der Waals surface area contributed by atoms with E-state index in [9.17, 15) is 0 Å². The Balaban J connectivity index is 1.41. The summed E-state index contributed by atoms with van der Waals surface area (Å²) in [6.45, 7) is 4.01. The Bertz CT molecular complexity index is 885. The second-order valence-electron chi connectivity index (χ2n) is 6.93. The lowest BCUT2D eigenvalue weighted by Gasteiger charge is -2.39. The van der Waals surface area contributed by atoms with Crippen LogP contribution in [0.4, 0.5) is 5.82 Å². The zero-order chi connectivity index (χ0) is 17.5. The van der Waals surface area contributed by atoms with E-state index in [0.717, 1.165) is 32.0 Å². The summed E-state index contributed by atoms with van der Waals surface area (Å²) in [5.74, 6) is 1.02. The molecule has 0 spiro atoms. The molecule has 2 aromatic carbocycles. The van der Waals surface area contributed by atoms with Gasteiger partial charge in [0.15, 0.2) is 0 Å². The molecule has 1 saturated heterocycles. The second-order valence-corrected chi connectivity index (χ2v) is 7.37. The van der Waals surface area contributed by atoms with Gasteiger partial charge in [-0.15, -0.1) is 0 Å². The van der Waals surface area contributed by atoms with E-state index in [1.807, 2.05) is 12.1 Å². The molecule has 1 fully saturated rings. The van der Waals surface area contributed by atoms with E-state index >= 15 is 0 Å². The van der Waals surface area contributed by atoms with Crippen molar-refractivity contribution in [2.75, 3.05) is 31.1 Å². The number of rotatable bonds is 2. The van der Waals surface area contributed by atoms with Crippen molar-refractivity contribution in [1.29, 1.82) is 0 Å². The molecule has 0 saturated carbocycles. The van der Waals surface area contributed by atoms with Gasteiger partial charge < -0.3 is 4.90 Å². The standard InChI is InChI=1S/C22H20ClN3/c23-16-9-10-21(24-15-16)25-11-13-26(14-12-25)22-19-7-3-1-5-17(19)18-6-2-4-8-20(18)22/h1-10,15,22H,11-14H2. The molecule has 1 aliphatic heterocycles. The molecule has 3 aromatic rings. The molecule has 0 amide bonds. The van der Waals surface area contributed by atoms with Gasteiger partial charge in [-0.2, -0.15) is 0 Å². The van der Waals surface area contributed by atoms with Crippen molar-refractivity contribution < 1.29 is 0 Å². The van der Waals surface area contributed by atoms with E-state index in [-0.39, 0.29) is 0 Å². The SMILES string of the molecule is Clc1ccc(N2CCN(C3c4ccccc4-c4ccccc43)CC2)nc1. The minimum atomic E-state index is 0.364. The predicted molar refractivity (Wildman–Crippen MR) is 107 cm³/mol. The Hall–Kier alpha value is -2.36. The fourth-order valence-electron chi connectivity index (χ4n) is 4.29. The van der Waals surface area contributed by atoms with E-state index in [1.165, 1.54) is 22.3 Å². The van der Waals surface area contributed by atoms with Crippen LogP contribution in [-0.4, -0.2) is 36.1 Å². The fourth-order valence-corrected chi connectivity index (χ4v) is 4.40. The van der Waals surface area contributed by atoms with Crippen LogP contribution >= 0.6 is 11.6 Å². The molecule has 4 heteroatoms. The first-order valence-electron chi connectivity index (χ1n) is 9.10. The number of benzene rings is 2. The van der Waals surface area contributed by atoms with Gasteiger partial charge in [0, 0.05) is 32.4 Å². The number of piperazine rings is 1. The molecule has 5 rings (SSSR count). The number of anilines is 1. The number of fused-ring (bicyclic) bond motifs is 3. The van der Waals surface area contributed by atoms with Crippen molar-refractivity contribution >= 4 is 17.4 Å². The predicted octanol–water partition coefficient (Wildman–Crippen LogP) is 4.63. The molecular weight excluding hydrogens is 342 g/mol. The lowest BCUT2D eigenvalue weighted by atomic mass is 10.0. The number of hydrogen-bond donors (Lipinski definition) is 0. The van der Waals surface area contributed by atoms with Crippen molar-refractivity contribution in [3.8, 4) is 11.1 Å². The van der Waals surface area contributed by atoms with Crippen LogP contribution < -0.4 is 4.90 Å². The summed E-state index contributed by atoms with van der Waals surface area (Å²) in [5.41, 5.74) is 5.64. The number of halogens is 1. The van der Waals surface area contributed by atoms with Gasteiger partial charge in [0.25, 0.3) is 0 Å². The van der Waals surface area contributed by atoms with Crippen molar-refractivity contribution in [3.63, 3.8) is 0 Å². The summed E-state index contributed by atoms with van der Waals surface area (Å²) >= 11 is 5.97.